The molecular formula is C25H23ClN2O4. The first-order valence-corrected chi connectivity index (χ1v) is 10.6. The predicted molar refractivity (Wildman–Crippen MR) is 124 cm³/mol. The lowest BCUT2D eigenvalue weighted by Gasteiger charge is -2.33. The molecule has 0 radical (unpaired) electrons. The fraction of sp³-hybridized carbons (Fsp3) is 0.200. The van der Waals surface area contributed by atoms with Crippen molar-refractivity contribution >= 4 is 34.8 Å². The Morgan fingerprint density at radius 3 is 2.62 bits per heavy atom. The maximum atomic E-state index is 12.9. The van der Waals surface area contributed by atoms with Crippen molar-refractivity contribution in [2.75, 3.05) is 16.8 Å². The van der Waals surface area contributed by atoms with Crippen LogP contribution in [-0.2, 0) is 16.1 Å². The van der Waals surface area contributed by atoms with Crippen LogP contribution in [0.2, 0.25) is 5.02 Å². The Kier molecular flexibility index (Phi) is 6.32. The number of ether oxygens (including phenoxy) is 2. The molecule has 3 aromatic rings. The lowest BCUT2D eigenvalue weighted by atomic mass is 10.1. The summed E-state index contributed by atoms with van der Waals surface area (Å²) < 4.78 is 11.3. The summed E-state index contributed by atoms with van der Waals surface area (Å²) in [6.45, 7) is 4.02. The standard InChI is InChI=1S/C25H23ClN2O4/c1-16-5-3-4-6-18(16)14-28-22-13-20(9-12-23(22)32-17(2)25(28)30)27-24(29)15-31-21-10-7-19(26)8-11-21/h3-13,17H,14-15H2,1-2H3,(H,27,29). The van der Waals surface area contributed by atoms with E-state index in [1.807, 2.05) is 31.2 Å². The number of benzene rings is 3. The fourth-order valence-electron chi connectivity index (χ4n) is 3.48. The number of fused-ring (bicyclic) bond motifs is 1. The van der Waals surface area contributed by atoms with Crippen LogP contribution in [0.4, 0.5) is 11.4 Å². The monoisotopic (exact) mass is 450 g/mol. The molecule has 164 valence electrons. The highest BCUT2D eigenvalue weighted by Crippen LogP contribution is 2.37. The molecule has 0 aromatic heterocycles. The van der Waals surface area contributed by atoms with Gasteiger partial charge in [-0.25, -0.2) is 0 Å². The molecule has 1 heterocycles. The third kappa shape index (κ3) is 4.86. The van der Waals surface area contributed by atoms with E-state index in [9.17, 15) is 9.59 Å². The van der Waals surface area contributed by atoms with E-state index in [1.54, 1.807) is 54.3 Å². The van der Waals surface area contributed by atoms with E-state index >= 15 is 0 Å². The first-order valence-electron chi connectivity index (χ1n) is 10.3. The SMILES string of the molecule is Cc1ccccc1CN1C(=O)C(C)Oc2ccc(NC(=O)COc3ccc(Cl)cc3)cc21. The summed E-state index contributed by atoms with van der Waals surface area (Å²) in [7, 11) is 0. The number of amides is 2. The third-order valence-corrected chi connectivity index (χ3v) is 5.48. The van der Waals surface area contributed by atoms with Crippen molar-refractivity contribution < 1.29 is 19.1 Å². The van der Waals surface area contributed by atoms with Gasteiger partial charge in [0.15, 0.2) is 12.7 Å². The number of carbonyl (C=O) groups is 2. The number of halogens is 1. The second kappa shape index (κ2) is 9.32. The molecule has 6 nitrogen and oxygen atoms in total. The Balaban J connectivity index is 1.50. The molecule has 4 rings (SSSR count). The van der Waals surface area contributed by atoms with E-state index < -0.39 is 6.10 Å². The molecule has 0 fully saturated rings. The number of rotatable bonds is 6. The zero-order valence-electron chi connectivity index (χ0n) is 17.8. The largest absolute Gasteiger partial charge is 0.484 e. The number of anilines is 2. The molecule has 1 aliphatic rings. The summed E-state index contributed by atoms with van der Waals surface area (Å²) in [6, 6.07) is 20.0. The van der Waals surface area contributed by atoms with E-state index in [1.165, 1.54) is 0 Å². The van der Waals surface area contributed by atoms with E-state index in [4.69, 9.17) is 21.1 Å². The molecule has 32 heavy (non-hydrogen) atoms. The van der Waals surface area contributed by atoms with Crippen molar-refractivity contribution in [3.05, 3.63) is 82.9 Å². The maximum absolute atomic E-state index is 12.9. The average molecular weight is 451 g/mol. The van der Waals surface area contributed by atoms with E-state index in [2.05, 4.69) is 5.32 Å². The van der Waals surface area contributed by atoms with Gasteiger partial charge < -0.3 is 19.7 Å². The Labute approximate surface area is 191 Å². The van der Waals surface area contributed by atoms with Crippen molar-refractivity contribution in [2.45, 2.75) is 26.5 Å². The zero-order valence-corrected chi connectivity index (χ0v) is 18.6. The first kappa shape index (κ1) is 21.7. The van der Waals surface area contributed by atoms with Crippen molar-refractivity contribution in [1.82, 2.24) is 0 Å². The normalized spacial score (nSPS) is 15.0. The quantitative estimate of drug-likeness (QED) is 0.575. The van der Waals surface area contributed by atoms with E-state index in [0.717, 1.165) is 11.1 Å². The first-order chi connectivity index (χ1) is 15.4. The number of aryl methyl sites for hydroxylation is 1. The second-order valence-corrected chi connectivity index (χ2v) is 8.02. The van der Waals surface area contributed by atoms with Gasteiger partial charge in [-0.15, -0.1) is 0 Å². The average Bonchev–Trinajstić information content (AvgIpc) is 2.78. The van der Waals surface area contributed by atoms with Gasteiger partial charge in [0.1, 0.15) is 11.5 Å². The molecule has 7 heteroatoms. The van der Waals surface area contributed by atoms with E-state index in [-0.39, 0.29) is 18.4 Å². The molecule has 1 unspecified atom stereocenters. The van der Waals surface area contributed by atoms with Crippen molar-refractivity contribution in [3.63, 3.8) is 0 Å². The van der Waals surface area contributed by atoms with Crippen LogP contribution >= 0.6 is 11.6 Å². The summed E-state index contributed by atoms with van der Waals surface area (Å²) >= 11 is 5.86. The van der Waals surface area contributed by atoms with Crippen LogP contribution in [0.1, 0.15) is 18.1 Å². The fourth-order valence-corrected chi connectivity index (χ4v) is 3.61. The van der Waals surface area contributed by atoms with Gasteiger partial charge in [-0.05, 0) is 67.4 Å². The van der Waals surface area contributed by atoms with Crippen molar-refractivity contribution in [3.8, 4) is 11.5 Å². The van der Waals surface area contributed by atoms with Crippen LogP contribution in [0.15, 0.2) is 66.7 Å². The molecule has 3 aromatic carbocycles. The predicted octanol–water partition coefficient (Wildman–Crippen LogP) is 4.98. The Hall–Kier alpha value is -3.51. The summed E-state index contributed by atoms with van der Waals surface area (Å²) in [6.07, 6.45) is -0.584. The van der Waals surface area contributed by atoms with Gasteiger partial charge in [-0.1, -0.05) is 35.9 Å². The molecule has 1 atom stereocenters. The molecular weight excluding hydrogens is 428 g/mol. The molecule has 1 aliphatic heterocycles. The molecule has 2 amide bonds. The van der Waals surface area contributed by atoms with Gasteiger partial charge in [-0.2, -0.15) is 0 Å². The Bertz CT molecular complexity index is 1150. The van der Waals surface area contributed by atoms with Crippen molar-refractivity contribution in [2.24, 2.45) is 0 Å². The highest BCUT2D eigenvalue weighted by atomic mass is 35.5. The van der Waals surface area contributed by atoms with Crippen LogP contribution in [-0.4, -0.2) is 24.5 Å². The van der Waals surface area contributed by atoms with Gasteiger partial charge in [-0.3, -0.25) is 9.59 Å². The molecule has 0 saturated heterocycles. The molecule has 0 bridgehead atoms. The zero-order chi connectivity index (χ0) is 22.7. The number of carbonyl (C=O) groups excluding carboxylic acids is 2. The van der Waals surface area contributed by atoms with Crippen LogP contribution < -0.4 is 19.7 Å². The number of nitrogens with zero attached hydrogens (tertiary/aromatic N) is 1. The minimum atomic E-state index is -0.584. The Morgan fingerprint density at radius 1 is 1.12 bits per heavy atom. The van der Waals surface area contributed by atoms with Gasteiger partial charge >= 0.3 is 0 Å². The third-order valence-electron chi connectivity index (χ3n) is 5.22. The summed E-state index contributed by atoms with van der Waals surface area (Å²) in [4.78, 5) is 27.0. The minimum absolute atomic E-state index is 0.129. The molecule has 0 aliphatic carbocycles. The number of hydrogen-bond acceptors (Lipinski definition) is 4. The highest BCUT2D eigenvalue weighted by molar-refractivity contribution is 6.30. The van der Waals surface area contributed by atoms with Gasteiger partial charge in [0.05, 0.1) is 12.2 Å². The highest BCUT2D eigenvalue weighted by Gasteiger charge is 2.32. The number of nitrogens with one attached hydrogen (secondary N) is 1. The second-order valence-electron chi connectivity index (χ2n) is 7.58. The summed E-state index contributed by atoms with van der Waals surface area (Å²) in [5.74, 6) is 0.700. The van der Waals surface area contributed by atoms with Crippen LogP contribution in [0, 0.1) is 6.92 Å². The Morgan fingerprint density at radius 2 is 1.88 bits per heavy atom. The maximum Gasteiger partial charge on any atom is 0.268 e. The van der Waals surface area contributed by atoms with Gasteiger partial charge in [0.25, 0.3) is 11.8 Å². The molecule has 1 N–H and O–H groups in total. The topological polar surface area (TPSA) is 67.9 Å². The lowest BCUT2D eigenvalue weighted by molar-refractivity contribution is -0.125. The van der Waals surface area contributed by atoms with E-state index in [0.29, 0.717) is 34.4 Å². The van der Waals surface area contributed by atoms with Gasteiger partial charge in [0, 0.05) is 10.7 Å². The van der Waals surface area contributed by atoms with Crippen molar-refractivity contribution in [1.29, 1.82) is 0 Å². The smallest absolute Gasteiger partial charge is 0.268 e. The van der Waals surface area contributed by atoms with Crippen LogP contribution in [0.5, 0.6) is 11.5 Å². The van der Waals surface area contributed by atoms with Gasteiger partial charge in [0.2, 0.25) is 0 Å². The minimum Gasteiger partial charge on any atom is -0.484 e. The number of hydrogen-bond donors (Lipinski definition) is 1. The molecule has 0 saturated carbocycles. The van der Waals surface area contributed by atoms with Crippen LogP contribution in [0.3, 0.4) is 0 Å². The van der Waals surface area contributed by atoms with Crippen LogP contribution in [0.25, 0.3) is 0 Å². The summed E-state index contributed by atoms with van der Waals surface area (Å²) in [5.41, 5.74) is 3.32. The summed E-state index contributed by atoms with van der Waals surface area (Å²) in [5, 5.41) is 3.41. The lowest BCUT2D eigenvalue weighted by Crippen LogP contribution is -2.44. The molecule has 0 spiro atoms.